The van der Waals surface area contributed by atoms with E-state index in [9.17, 15) is 29.7 Å². The first-order valence-corrected chi connectivity index (χ1v) is 25.8. The number of rotatable bonds is 18. The maximum absolute atomic E-state index is 13.1. The molecule has 0 aromatic heterocycles. The fraction of sp³-hybridized carbons (Fsp3) is 0.350. The largest absolute Gasteiger partial charge is 0.530 e. The fourth-order valence-electron chi connectivity index (χ4n) is 8.27. The van der Waals surface area contributed by atoms with E-state index in [0.717, 1.165) is 50.1 Å². The number of phenolic OH excluding ortho intramolecular Hbond substituents is 3. The summed E-state index contributed by atoms with van der Waals surface area (Å²) in [6.07, 6.45) is 2.28. The van der Waals surface area contributed by atoms with Crippen LogP contribution < -0.4 is 29.5 Å². The number of aryl methyl sites for hydroxylation is 6. The highest BCUT2D eigenvalue weighted by atomic mass is 31.2. The molecule has 0 saturated carbocycles. The van der Waals surface area contributed by atoms with Crippen LogP contribution in [0.5, 0.6) is 34.5 Å². The Bertz CT molecular complexity index is 2600. The van der Waals surface area contributed by atoms with Crippen molar-refractivity contribution in [2.75, 3.05) is 16.0 Å². The van der Waals surface area contributed by atoms with Gasteiger partial charge < -0.3 is 44.8 Å². The molecule has 6 rings (SSSR count). The van der Waals surface area contributed by atoms with Gasteiger partial charge in [0.15, 0.2) is 0 Å². The van der Waals surface area contributed by atoms with Crippen molar-refractivity contribution in [2.24, 2.45) is 0 Å². The van der Waals surface area contributed by atoms with E-state index in [-0.39, 0.29) is 70.5 Å². The molecule has 6 aromatic rings. The molecule has 6 aromatic carbocycles. The summed E-state index contributed by atoms with van der Waals surface area (Å²) in [7, 11) is -2.13. The summed E-state index contributed by atoms with van der Waals surface area (Å²) in [6, 6.07) is 32.3. The van der Waals surface area contributed by atoms with Crippen LogP contribution in [0.2, 0.25) is 0 Å². The van der Waals surface area contributed by atoms with E-state index in [1.807, 2.05) is 119 Å². The Morgan fingerprint density at radius 3 is 0.863 bits per heavy atom. The smallest absolute Gasteiger partial charge is 0.507 e. The zero-order valence-electron chi connectivity index (χ0n) is 44.4. The number of aromatic hydroxyl groups is 3. The highest BCUT2D eigenvalue weighted by Gasteiger charge is 2.24. The molecule has 0 fully saturated rings. The second kappa shape index (κ2) is 23.2. The molecule has 6 N–H and O–H groups in total. The molecule has 0 spiro atoms. The maximum atomic E-state index is 13.1. The zero-order chi connectivity index (χ0) is 53.4. The topological polar surface area (TPSA) is 176 Å². The molecule has 0 aliphatic heterocycles. The molecule has 0 heterocycles. The zero-order valence-corrected chi connectivity index (χ0v) is 45.3. The van der Waals surface area contributed by atoms with Crippen LogP contribution in [0.3, 0.4) is 0 Å². The van der Waals surface area contributed by atoms with Crippen molar-refractivity contribution in [1.82, 2.24) is 0 Å². The minimum absolute atomic E-state index is 0.158. The number of phenols is 3. The maximum Gasteiger partial charge on any atom is 0.530 e. The predicted molar refractivity (Wildman–Crippen MR) is 294 cm³/mol. The third-order valence-electron chi connectivity index (χ3n) is 12.4. The lowest BCUT2D eigenvalue weighted by Gasteiger charge is -2.22. The molecule has 12 nitrogen and oxygen atoms in total. The minimum Gasteiger partial charge on any atom is -0.507 e. The first kappa shape index (κ1) is 55.3. The van der Waals surface area contributed by atoms with Gasteiger partial charge in [-0.25, -0.2) is 0 Å². The number of carbonyl (C=O) groups is 3. The summed E-state index contributed by atoms with van der Waals surface area (Å²) in [5.74, 6) is 1.64. The molecule has 13 heteroatoms. The summed E-state index contributed by atoms with van der Waals surface area (Å²) in [5, 5.41) is 40.8. The van der Waals surface area contributed by atoms with Crippen LogP contribution in [0.1, 0.15) is 132 Å². The lowest BCUT2D eigenvalue weighted by atomic mass is 9.83. The Labute approximate surface area is 432 Å². The van der Waals surface area contributed by atoms with Crippen LogP contribution in [-0.2, 0) is 49.9 Å². The van der Waals surface area contributed by atoms with Gasteiger partial charge in [0.2, 0.25) is 17.7 Å². The van der Waals surface area contributed by atoms with Gasteiger partial charge in [-0.05, 0) is 179 Å². The molecule has 0 bridgehead atoms. The van der Waals surface area contributed by atoms with Gasteiger partial charge in [0, 0.05) is 36.3 Å². The molecular formula is C60H72N3O9P. The average molecular weight is 1010 g/mol. The van der Waals surface area contributed by atoms with Crippen molar-refractivity contribution >= 4 is 43.4 Å². The monoisotopic (exact) mass is 1010 g/mol. The van der Waals surface area contributed by atoms with Gasteiger partial charge in [0.25, 0.3) is 0 Å². The Hall–Kier alpha value is -7.04. The molecule has 0 atom stereocenters. The molecule has 0 unspecified atom stereocenters. The number of nitrogens with one attached hydrogen (secondary N) is 3. The van der Waals surface area contributed by atoms with Crippen LogP contribution in [0.25, 0.3) is 0 Å². The Kier molecular flexibility index (Phi) is 17.6. The Morgan fingerprint density at radius 2 is 0.644 bits per heavy atom. The standard InChI is InChI=1S/C60H72N3O9P/c1-37-31-40(34-49(55(37)67)58(4,5)6)13-28-52(64)61-43-16-22-46(23-17-43)70-73(71-47-24-18-44(19-25-47)62-53(65)29-14-41-32-38(2)56(68)50(35-41)59(7,8)9)72-48-26-20-45(21-27-48)63-54(66)30-15-42-33-39(3)57(69)51(36-42)60(10,11)12/h16-27,31-36,67-69H,13-15,28-30H2,1-12H3,(H,61,64)(H,62,65)(H,63,66). The fourth-order valence-corrected chi connectivity index (χ4v) is 9.26. The first-order chi connectivity index (χ1) is 34.2. The van der Waals surface area contributed by atoms with Crippen LogP contribution in [0.15, 0.2) is 109 Å². The average Bonchev–Trinajstić information content (AvgIpc) is 3.30. The molecule has 0 saturated heterocycles. The van der Waals surface area contributed by atoms with E-state index in [0.29, 0.717) is 53.6 Å². The van der Waals surface area contributed by atoms with Gasteiger partial charge >= 0.3 is 8.60 Å². The lowest BCUT2D eigenvalue weighted by Crippen LogP contribution is -2.14. The van der Waals surface area contributed by atoms with Crippen molar-refractivity contribution in [3.63, 3.8) is 0 Å². The molecule has 0 aliphatic rings. The predicted octanol–water partition coefficient (Wildman–Crippen LogP) is 14.1. The summed E-state index contributed by atoms with van der Waals surface area (Å²) < 4.78 is 18.9. The van der Waals surface area contributed by atoms with E-state index in [1.165, 1.54) is 0 Å². The molecule has 386 valence electrons. The quantitative estimate of drug-likeness (QED) is 0.0458. The normalized spacial score (nSPS) is 11.8. The third-order valence-corrected chi connectivity index (χ3v) is 13.5. The number of hydrogen-bond acceptors (Lipinski definition) is 9. The van der Waals surface area contributed by atoms with Gasteiger partial charge in [-0.2, -0.15) is 0 Å². The van der Waals surface area contributed by atoms with Gasteiger partial charge in [-0.15, -0.1) is 0 Å². The first-order valence-electron chi connectivity index (χ1n) is 24.7. The summed E-state index contributed by atoms with van der Waals surface area (Å²) in [5.41, 5.74) is 8.81. The summed E-state index contributed by atoms with van der Waals surface area (Å²) in [6.45, 7) is 24.0. The number of anilines is 3. The molecule has 3 amide bonds. The van der Waals surface area contributed by atoms with Crippen molar-refractivity contribution in [1.29, 1.82) is 0 Å². The third kappa shape index (κ3) is 15.7. The van der Waals surface area contributed by atoms with Crippen molar-refractivity contribution < 1.29 is 43.3 Å². The van der Waals surface area contributed by atoms with Gasteiger partial charge in [-0.1, -0.05) is 98.7 Å². The van der Waals surface area contributed by atoms with Gasteiger partial charge in [0.1, 0.15) is 34.5 Å². The summed E-state index contributed by atoms with van der Waals surface area (Å²) in [4.78, 5) is 39.2. The Morgan fingerprint density at radius 1 is 0.411 bits per heavy atom. The second-order valence-corrected chi connectivity index (χ2v) is 22.9. The highest BCUT2D eigenvalue weighted by molar-refractivity contribution is 7.43. The van der Waals surface area contributed by atoms with Gasteiger partial charge in [0.05, 0.1) is 0 Å². The van der Waals surface area contributed by atoms with E-state index >= 15 is 0 Å². The number of carbonyl (C=O) groups excluding carboxylic acids is 3. The van der Waals surface area contributed by atoms with E-state index < -0.39 is 8.60 Å². The molecular weight excluding hydrogens is 938 g/mol. The summed E-state index contributed by atoms with van der Waals surface area (Å²) >= 11 is 0. The number of benzene rings is 6. The number of hydrogen-bond donors (Lipinski definition) is 6. The SMILES string of the molecule is Cc1cc(CCC(=O)Nc2ccc(OP(Oc3ccc(NC(=O)CCc4cc(C)c(O)c(C(C)(C)C)c4)cc3)Oc3ccc(NC(=O)CCc4cc(C)c(O)c(C(C)(C)C)c4)cc3)cc2)cc(C(C)(C)C)c1O. The minimum atomic E-state index is -2.13. The van der Waals surface area contributed by atoms with E-state index in [1.54, 1.807) is 72.8 Å². The van der Waals surface area contributed by atoms with Crippen molar-refractivity contribution in [2.45, 2.75) is 138 Å². The van der Waals surface area contributed by atoms with E-state index in [2.05, 4.69) is 16.0 Å². The Balaban J connectivity index is 1.10. The lowest BCUT2D eigenvalue weighted by molar-refractivity contribution is -0.117. The highest BCUT2D eigenvalue weighted by Crippen LogP contribution is 2.43. The molecule has 0 radical (unpaired) electrons. The van der Waals surface area contributed by atoms with E-state index in [4.69, 9.17) is 13.6 Å². The van der Waals surface area contributed by atoms with Crippen LogP contribution >= 0.6 is 8.60 Å². The molecule has 73 heavy (non-hydrogen) atoms. The van der Waals surface area contributed by atoms with Crippen molar-refractivity contribution in [3.05, 3.63) is 159 Å². The van der Waals surface area contributed by atoms with Crippen LogP contribution in [0, 0.1) is 20.8 Å². The van der Waals surface area contributed by atoms with Crippen LogP contribution in [-0.4, -0.2) is 33.0 Å². The second-order valence-electron chi connectivity index (χ2n) is 21.9. The van der Waals surface area contributed by atoms with Gasteiger partial charge in [-0.3, -0.25) is 14.4 Å². The van der Waals surface area contributed by atoms with Crippen molar-refractivity contribution in [3.8, 4) is 34.5 Å². The number of amides is 3. The molecule has 0 aliphatic carbocycles. The van der Waals surface area contributed by atoms with Crippen LogP contribution in [0.4, 0.5) is 17.1 Å².